The molecule has 0 aliphatic carbocycles. The van der Waals surface area contributed by atoms with Gasteiger partial charge in [0, 0.05) is 16.3 Å². The quantitative estimate of drug-likeness (QED) is 0.524. The van der Waals surface area contributed by atoms with E-state index in [9.17, 15) is 10.1 Å². The first-order chi connectivity index (χ1) is 14.0. The number of nitrogens with zero attached hydrogens (tertiary/aromatic N) is 1. The normalized spacial score (nSPS) is 16.1. The van der Waals surface area contributed by atoms with E-state index in [-0.39, 0.29) is 0 Å². The number of methoxy groups -OCH3 is 1. The topological polar surface area (TPSA) is 71.3 Å². The number of rotatable bonds is 5. The third-order valence-corrected chi connectivity index (χ3v) is 5.81. The molecule has 1 atom stereocenters. The number of thioether (sulfide) groups is 1. The molecule has 2 aromatic rings. The average Bonchev–Trinajstić information content (AvgIpc) is 2.74. The molecule has 0 aromatic heterocycles. The molecule has 0 spiro atoms. The van der Waals surface area contributed by atoms with Gasteiger partial charge in [0.1, 0.15) is 5.76 Å². The molecule has 0 fully saturated rings. The van der Waals surface area contributed by atoms with Gasteiger partial charge in [0.05, 0.1) is 30.4 Å². The summed E-state index contributed by atoms with van der Waals surface area (Å²) >= 11 is 1.69. The van der Waals surface area contributed by atoms with Crippen LogP contribution >= 0.6 is 11.8 Å². The van der Waals surface area contributed by atoms with Crippen LogP contribution in [0.5, 0.6) is 0 Å². The molecule has 0 saturated carbocycles. The predicted octanol–water partition coefficient (Wildman–Crippen LogP) is 5.48. The number of hydrogen-bond donors (Lipinski definition) is 1. The zero-order valence-electron chi connectivity index (χ0n) is 16.6. The maximum absolute atomic E-state index is 11.9. The zero-order chi connectivity index (χ0) is 20.8. The van der Waals surface area contributed by atoms with Gasteiger partial charge in [-0.15, -0.1) is 11.8 Å². The first-order valence-corrected chi connectivity index (χ1v) is 10.1. The largest absolute Gasteiger partial charge is 0.513 e. The summed E-state index contributed by atoms with van der Waals surface area (Å²) in [6.45, 7) is 3.67. The number of benzene rings is 2. The van der Waals surface area contributed by atoms with Gasteiger partial charge in [-0.3, -0.25) is 0 Å². The van der Waals surface area contributed by atoms with E-state index in [0.717, 1.165) is 21.9 Å². The summed E-state index contributed by atoms with van der Waals surface area (Å²) in [4.78, 5) is 12.9. The van der Waals surface area contributed by atoms with Crippen LogP contribution < -0.4 is 5.32 Å². The Labute approximate surface area is 175 Å². The van der Waals surface area contributed by atoms with Crippen LogP contribution in [0.1, 0.15) is 30.9 Å². The first-order valence-electron chi connectivity index (χ1n) is 9.15. The Kier molecular flexibility index (Phi) is 6.63. The molecule has 0 amide bonds. The lowest BCUT2D eigenvalue weighted by molar-refractivity contribution is 0.0921. The third-order valence-electron chi connectivity index (χ3n) is 4.65. The van der Waals surface area contributed by atoms with E-state index in [1.807, 2.05) is 56.3 Å². The molecule has 1 aliphatic rings. The van der Waals surface area contributed by atoms with Crippen molar-refractivity contribution in [3.8, 4) is 6.07 Å². The number of nitrogens with one attached hydrogen (secondary N) is 1. The van der Waals surface area contributed by atoms with Crippen LogP contribution in [0.4, 0.5) is 4.79 Å². The Morgan fingerprint density at radius 1 is 1.10 bits per heavy atom. The van der Waals surface area contributed by atoms with E-state index >= 15 is 0 Å². The van der Waals surface area contributed by atoms with E-state index in [2.05, 4.69) is 28.3 Å². The molecule has 5 nitrogen and oxygen atoms in total. The van der Waals surface area contributed by atoms with Crippen molar-refractivity contribution >= 4 is 17.9 Å². The molecule has 0 saturated heterocycles. The number of ether oxygens (including phenoxy) is 2. The fourth-order valence-electron chi connectivity index (χ4n) is 3.27. The van der Waals surface area contributed by atoms with Crippen molar-refractivity contribution in [2.45, 2.75) is 30.4 Å². The lowest BCUT2D eigenvalue weighted by Crippen LogP contribution is -2.26. The van der Waals surface area contributed by atoms with E-state index in [0.29, 0.717) is 17.0 Å². The summed E-state index contributed by atoms with van der Waals surface area (Å²) in [5.74, 6) is 0.690. The van der Waals surface area contributed by atoms with Crippen LogP contribution in [0, 0.1) is 11.3 Å². The molecule has 3 rings (SSSR count). The SMILES string of the molecule is COC(=O)OC1=C(C)NC(C)=C(C#N)C1c1ccccc1SCc1ccccc1. The van der Waals surface area contributed by atoms with Gasteiger partial charge in [-0.2, -0.15) is 5.26 Å². The standard InChI is InChI=1S/C23H22N2O3S/c1-15-19(13-24)21(22(16(2)25-15)28-23(26)27-3)18-11-7-8-12-20(18)29-14-17-9-5-4-6-10-17/h4-12,21,25H,14H2,1-3H3. The summed E-state index contributed by atoms with van der Waals surface area (Å²) in [5, 5.41) is 13.0. The van der Waals surface area contributed by atoms with Gasteiger partial charge in [0.25, 0.3) is 0 Å². The maximum Gasteiger partial charge on any atom is 0.513 e. The predicted molar refractivity (Wildman–Crippen MR) is 113 cm³/mol. The van der Waals surface area contributed by atoms with E-state index in [1.165, 1.54) is 12.7 Å². The summed E-state index contributed by atoms with van der Waals surface area (Å²) in [7, 11) is 1.26. The fraction of sp³-hybridized carbons (Fsp3) is 0.217. The number of hydrogen-bond acceptors (Lipinski definition) is 6. The number of dihydropyridines is 1. The van der Waals surface area contributed by atoms with E-state index < -0.39 is 12.1 Å². The van der Waals surface area contributed by atoms with Crippen molar-refractivity contribution in [1.29, 1.82) is 5.26 Å². The molecular formula is C23H22N2O3S. The minimum Gasteiger partial charge on any atom is -0.437 e. The van der Waals surface area contributed by atoms with Gasteiger partial charge >= 0.3 is 6.16 Å². The Bertz CT molecular complexity index is 1010. The molecule has 1 aliphatic heterocycles. The van der Waals surface area contributed by atoms with Gasteiger partial charge < -0.3 is 14.8 Å². The number of carbonyl (C=O) groups excluding carboxylic acids is 1. The summed E-state index contributed by atoms with van der Waals surface area (Å²) in [6.07, 6.45) is -0.808. The molecule has 6 heteroatoms. The van der Waals surface area contributed by atoms with Crippen LogP contribution in [0.15, 0.2) is 82.2 Å². The Balaban J connectivity index is 2.02. The van der Waals surface area contributed by atoms with E-state index in [4.69, 9.17) is 4.74 Å². The van der Waals surface area contributed by atoms with Crippen molar-refractivity contribution in [3.63, 3.8) is 0 Å². The second-order valence-corrected chi connectivity index (χ2v) is 7.58. The van der Waals surface area contributed by atoms with Crippen LogP contribution in [-0.4, -0.2) is 13.3 Å². The highest BCUT2D eigenvalue weighted by molar-refractivity contribution is 7.98. The molecule has 2 aromatic carbocycles. The lowest BCUT2D eigenvalue weighted by Gasteiger charge is -2.29. The Morgan fingerprint density at radius 3 is 2.48 bits per heavy atom. The number of nitriles is 1. The van der Waals surface area contributed by atoms with Crippen molar-refractivity contribution in [3.05, 3.63) is 88.5 Å². The highest BCUT2D eigenvalue weighted by atomic mass is 32.2. The van der Waals surface area contributed by atoms with Gasteiger partial charge in [-0.25, -0.2) is 4.79 Å². The summed E-state index contributed by atoms with van der Waals surface area (Å²) in [5.41, 5.74) is 4.07. The van der Waals surface area contributed by atoms with Crippen LogP contribution in [0.2, 0.25) is 0 Å². The fourth-order valence-corrected chi connectivity index (χ4v) is 4.31. The smallest absolute Gasteiger partial charge is 0.437 e. The molecular weight excluding hydrogens is 384 g/mol. The van der Waals surface area contributed by atoms with Gasteiger partial charge in [-0.1, -0.05) is 48.5 Å². The maximum atomic E-state index is 11.9. The molecule has 1 N–H and O–H groups in total. The number of carbonyl (C=O) groups is 1. The Morgan fingerprint density at radius 2 is 1.79 bits per heavy atom. The molecule has 29 heavy (non-hydrogen) atoms. The van der Waals surface area contributed by atoms with Gasteiger partial charge in [-0.05, 0) is 31.0 Å². The van der Waals surface area contributed by atoms with Crippen LogP contribution in [-0.2, 0) is 15.2 Å². The van der Waals surface area contributed by atoms with Crippen LogP contribution in [0.25, 0.3) is 0 Å². The lowest BCUT2D eigenvalue weighted by atomic mass is 9.86. The second-order valence-electron chi connectivity index (χ2n) is 6.57. The minimum atomic E-state index is -0.808. The average molecular weight is 407 g/mol. The highest BCUT2D eigenvalue weighted by Gasteiger charge is 2.33. The molecule has 1 heterocycles. The molecule has 0 bridgehead atoms. The second kappa shape index (κ2) is 9.35. The zero-order valence-corrected chi connectivity index (χ0v) is 17.4. The monoisotopic (exact) mass is 406 g/mol. The van der Waals surface area contributed by atoms with E-state index in [1.54, 1.807) is 11.8 Å². The molecule has 1 unspecified atom stereocenters. The summed E-state index contributed by atoms with van der Waals surface area (Å²) in [6, 6.07) is 20.4. The third kappa shape index (κ3) is 4.64. The first kappa shape index (κ1) is 20.6. The summed E-state index contributed by atoms with van der Waals surface area (Å²) < 4.78 is 10.2. The van der Waals surface area contributed by atoms with Gasteiger partial charge in [0.15, 0.2) is 0 Å². The highest BCUT2D eigenvalue weighted by Crippen LogP contribution is 2.42. The molecule has 0 radical (unpaired) electrons. The number of allylic oxidation sites excluding steroid dienone is 3. The minimum absolute atomic E-state index is 0.381. The van der Waals surface area contributed by atoms with Crippen molar-refractivity contribution in [2.75, 3.05) is 7.11 Å². The van der Waals surface area contributed by atoms with Crippen LogP contribution in [0.3, 0.4) is 0 Å². The van der Waals surface area contributed by atoms with Crippen molar-refractivity contribution < 1.29 is 14.3 Å². The molecule has 148 valence electrons. The Hall–Kier alpha value is -3.17. The van der Waals surface area contributed by atoms with Crippen molar-refractivity contribution in [2.24, 2.45) is 0 Å². The van der Waals surface area contributed by atoms with Crippen molar-refractivity contribution in [1.82, 2.24) is 5.32 Å². The van der Waals surface area contributed by atoms with Gasteiger partial charge in [0.2, 0.25) is 0 Å².